The molecule has 62 valence electrons. The number of fused-ring (bicyclic) bond motifs is 1. The fraction of sp³-hybridized carbons (Fsp3) is 0.125. The Morgan fingerprint density at radius 2 is 2.25 bits per heavy atom. The fourth-order valence-corrected chi connectivity index (χ4v) is 1.29. The van der Waals surface area contributed by atoms with Crippen LogP contribution in [0.5, 0.6) is 0 Å². The van der Waals surface area contributed by atoms with E-state index in [-0.39, 0.29) is 0 Å². The summed E-state index contributed by atoms with van der Waals surface area (Å²) in [7, 11) is 0. The van der Waals surface area contributed by atoms with Crippen molar-refractivity contribution in [2.24, 2.45) is 0 Å². The first-order valence-electron chi connectivity index (χ1n) is 3.46. The number of oxazole rings is 1. The number of aromatic nitrogens is 1. The normalized spacial score (nSPS) is 10.8. The molecular formula is C8H6ClNO2. The number of rotatable bonds is 0. The second-order valence-corrected chi connectivity index (χ2v) is 2.96. The van der Waals surface area contributed by atoms with Crippen molar-refractivity contribution in [2.45, 2.75) is 6.92 Å². The third-order valence-electron chi connectivity index (χ3n) is 1.73. The van der Waals surface area contributed by atoms with Crippen LogP contribution in [-0.4, -0.2) is 4.98 Å². The first kappa shape index (κ1) is 7.43. The van der Waals surface area contributed by atoms with E-state index >= 15 is 0 Å². The van der Waals surface area contributed by atoms with Crippen molar-refractivity contribution in [3.05, 3.63) is 33.3 Å². The van der Waals surface area contributed by atoms with Gasteiger partial charge in [-0.3, -0.25) is 4.98 Å². The predicted octanol–water partition coefficient (Wildman–Crippen LogP) is 2.08. The summed E-state index contributed by atoms with van der Waals surface area (Å²) in [5.74, 6) is -0.475. The number of aryl methyl sites for hydroxylation is 1. The van der Waals surface area contributed by atoms with Gasteiger partial charge in [-0.2, -0.15) is 0 Å². The van der Waals surface area contributed by atoms with Gasteiger partial charge < -0.3 is 4.42 Å². The smallest absolute Gasteiger partial charge is 0.408 e. The van der Waals surface area contributed by atoms with Crippen molar-refractivity contribution in [3.8, 4) is 0 Å². The quantitative estimate of drug-likeness (QED) is 0.680. The van der Waals surface area contributed by atoms with Crippen LogP contribution in [0.15, 0.2) is 21.3 Å². The molecule has 0 radical (unpaired) electrons. The molecule has 1 heterocycles. The maximum atomic E-state index is 10.8. The fourth-order valence-electron chi connectivity index (χ4n) is 1.09. The van der Waals surface area contributed by atoms with E-state index in [1.165, 1.54) is 0 Å². The average molecular weight is 184 g/mol. The van der Waals surface area contributed by atoms with Crippen molar-refractivity contribution in [2.75, 3.05) is 0 Å². The summed E-state index contributed by atoms with van der Waals surface area (Å²) in [4.78, 5) is 13.3. The van der Waals surface area contributed by atoms with Crippen LogP contribution in [0.3, 0.4) is 0 Å². The van der Waals surface area contributed by atoms with E-state index in [2.05, 4.69) is 4.98 Å². The first-order valence-corrected chi connectivity index (χ1v) is 3.84. The molecule has 0 spiro atoms. The van der Waals surface area contributed by atoms with E-state index in [1.807, 2.05) is 6.92 Å². The highest BCUT2D eigenvalue weighted by Crippen LogP contribution is 2.23. The molecule has 1 aromatic heterocycles. The molecule has 2 rings (SSSR count). The summed E-state index contributed by atoms with van der Waals surface area (Å²) in [6, 6.07) is 3.52. The lowest BCUT2D eigenvalue weighted by Gasteiger charge is -1.95. The molecule has 0 unspecified atom stereocenters. The molecule has 4 heteroatoms. The van der Waals surface area contributed by atoms with E-state index in [1.54, 1.807) is 12.1 Å². The third kappa shape index (κ3) is 0.940. The second-order valence-electron chi connectivity index (χ2n) is 2.58. The lowest BCUT2D eigenvalue weighted by atomic mass is 10.2. The minimum Gasteiger partial charge on any atom is -0.408 e. The molecular weight excluding hydrogens is 178 g/mol. The third-order valence-corrected chi connectivity index (χ3v) is 2.21. The number of halogens is 1. The van der Waals surface area contributed by atoms with Crippen LogP contribution >= 0.6 is 11.6 Å². The number of nitrogens with one attached hydrogen (secondary N) is 1. The SMILES string of the molecule is Cc1ccc2oc(=O)[nH]c2c1Cl. The van der Waals surface area contributed by atoms with Gasteiger partial charge in [-0.1, -0.05) is 17.7 Å². The Hall–Kier alpha value is -1.22. The standard InChI is InChI=1S/C8H6ClNO2/c1-4-2-3-5-7(6(4)9)10-8(11)12-5/h2-3H,1H3,(H,10,11). The van der Waals surface area contributed by atoms with Crippen LogP contribution < -0.4 is 5.76 Å². The Morgan fingerprint density at radius 3 is 3.00 bits per heavy atom. The lowest BCUT2D eigenvalue weighted by molar-refractivity contribution is 0.555. The van der Waals surface area contributed by atoms with Crippen LogP contribution in [0.4, 0.5) is 0 Å². The Morgan fingerprint density at radius 1 is 1.50 bits per heavy atom. The van der Waals surface area contributed by atoms with Crippen LogP contribution in [-0.2, 0) is 0 Å². The van der Waals surface area contributed by atoms with E-state index in [9.17, 15) is 4.79 Å². The minimum atomic E-state index is -0.475. The molecule has 1 N–H and O–H groups in total. The predicted molar refractivity (Wildman–Crippen MR) is 46.6 cm³/mol. The molecule has 0 atom stereocenters. The molecule has 0 aliphatic carbocycles. The molecule has 0 fully saturated rings. The molecule has 0 aliphatic rings. The van der Waals surface area contributed by atoms with Gasteiger partial charge in [0.1, 0.15) is 5.52 Å². The zero-order valence-electron chi connectivity index (χ0n) is 6.35. The van der Waals surface area contributed by atoms with Gasteiger partial charge in [0.25, 0.3) is 0 Å². The van der Waals surface area contributed by atoms with Gasteiger partial charge in [-0.15, -0.1) is 0 Å². The van der Waals surface area contributed by atoms with Gasteiger partial charge in [0.2, 0.25) is 0 Å². The molecule has 12 heavy (non-hydrogen) atoms. The zero-order valence-corrected chi connectivity index (χ0v) is 7.11. The maximum absolute atomic E-state index is 10.8. The topological polar surface area (TPSA) is 46.0 Å². The number of benzene rings is 1. The van der Waals surface area contributed by atoms with Crippen molar-refractivity contribution in [1.29, 1.82) is 0 Å². The zero-order chi connectivity index (χ0) is 8.72. The van der Waals surface area contributed by atoms with Gasteiger partial charge >= 0.3 is 5.76 Å². The molecule has 3 nitrogen and oxygen atoms in total. The first-order chi connectivity index (χ1) is 5.68. The van der Waals surface area contributed by atoms with Crippen molar-refractivity contribution in [1.82, 2.24) is 4.98 Å². The maximum Gasteiger partial charge on any atom is 0.417 e. The summed E-state index contributed by atoms with van der Waals surface area (Å²) in [5.41, 5.74) is 1.98. The molecule has 0 saturated carbocycles. The van der Waals surface area contributed by atoms with E-state index in [4.69, 9.17) is 16.0 Å². The highest BCUT2D eigenvalue weighted by Gasteiger charge is 2.06. The monoisotopic (exact) mass is 183 g/mol. The van der Waals surface area contributed by atoms with E-state index < -0.39 is 5.76 Å². The molecule has 1 aromatic carbocycles. The highest BCUT2D eigenvalue weighted by molar-refractivity contribution is 6.35. The van der Waals surface area contributed by atoms with E-state index in [0.29, 0.717) is 16.1 Å². The molecule has 0 aliphatic heterocycles. The Labute approximate surface area is 73.0 Å². The highest BCUT2D eigenvalue weighted by atomic mass is 35.5. The summed E-state index contributed by atoms with van der Waals surface area (Å²) >= 11 is 5.91. The average Bonchev–Trinajstić information content (AvgIpc) is 2.39. The second kappa shape index (κ2) is 2.38. The van der Waals surface area contributed by atoms with Gasteiger partial charge in [-0.25, -0.2) is 4.79 Å². The Kier molecular flexibility index (Phi) is 1.48. The van der Waals surface area contributed by atoms with Crippen LogP contribution in [0, 0.1) is 6.92 Å². The summed E-state index contributed by atoms with van der Waals surface area (Å²) in [6.07, 6.45) is 0. The summed E-state index contributed by atoms with van der Waals surface area (Å²) in [6.45, 7) is 1.87. The number of aromatic amines is 1. The number of H-pyrrole nitrogens is 1. The van der Waals surface area contributed by atoms with Gasteiger partial charge in [-0.05, 0) is 18.6 Å². The summed E-state index contributed by atoms with van der Waals surface area (Å²) in [5, 5.41) is 0.540. The Balaban J connectivity index is 2.99. The van der Waals surface area contributed by atoms with E-state index in [0.717, 1.165) is 5.56 Å². The van der Waals surface area contributed by atoms with Crippen LogP contribution in [0.1, 0.15) is 5.56 Å². The Bertz CT molecular complexity index is 483. The lowest BCUT2D eigenvalue weighted by Crippen LogP contribution is -1.93. The van der Waals surface area contributed by atoms with Crippen molar-refractivity contribution >= 4 is 22.7 Å². The largest absolute Gasteiger partial charge is 0.417 e. The van der Waals surface area contributed by atoms with Crippen LogP contribution in [0.2, 0.25) is 5.02 Å². The van der Waals surface area contributed by atoms with Gasteiger partial charge in [0.05, 0.1) is 5.02 Å². The van der Waals surface area contributed by atoms with Crippen molar-refractivity contribution in [3.63, 3.8) is 0 Å². The number of hydrogen-bond acceptors (Lipinski definition) is 2. The minimum absolute atomic E-state index is 0.475. The number of hydrogen-bond donors (Lipinski definition) is 1. The van der Waals surface area contributed by atoms with Crippen molar-refractivity contribution < 1.29 is 4.42 Å². The molecule has 0 saturated heterocycles. The molecule has 0 bridgehead atoms. The summed E-state index contributed by atoms with van der Waals surface area (Å²) < 4.78 is 4.81. The van der Waals surface area contributed by atoms with Gasteiger partial charge in [0, 0.05) is 0 Å². The molecule has 2 aromatic rings. The van der Waals surface area contributed by atoms with Gasteiger partial charge in [0.15, 0.2) is 5.58 Å². The van der Waals surface area contributed by atoms with Crippen LogP contribution in [0.25, 0.3) is 11.1 Å². The molecule has 0 amide bonds.